The van der Waals surface area contributed by atoms with E-state index < -0.39 is 29.9 Å². The van der Waals surface area contributed by atoms with E-state index in [2.05, 4.69) is 10.3 Å². The summed E-state index contributed by atoms with van der Waals surface area (Å²) in [4.78, 5) is 25.3. The number of oxazole rings is 1. The Kier molecular flexibility index (Phi) is 3.80. The van der Waals surface area contributed by atoms with Crippen LogP contribution in [0.15, 0.2) is 45.6 Å². The molecule has 3 aromatic rings. The molecular formula is C15H10F2N2O4. The lowest BCUT2D eigenvalue weighted by Gasteiger charge is -2.08. The first-order valence-electron chi connectivity index (χ1n) is 6.52. The molecule has 0 radical (unpaired) electrons. The average Bonchev–Trinajstić information content (AvgIpc) is 2.85. The fourth-order valence-electron chi connectivity index (χ4n) is 1.96. The number of fused-ring (bicyclic) bond motifs is 1. The van der Waals surface area contributed by atoms with Crippen LogP contribution in [0.4, 0.5) is 14.5 Å². The predicted octanol–water partition coefficient (Wildman–Crippen LogP) is 2.42. The molecule has 0 atom stereocenters. The second-order valence-electron chi connectivity index (χ2n) is 4.64. The van der Waals surface area contributed by atoms with Crippen LogP contribution < -0.4 is 15.8 Å². The molecule has 0 unspecified atom stereocenters. The summed E-state index contributed by atoms with van der Waals surface area (Å²) in [6.07, 6.45) is 0. The molecule has 0 bridgehead atoms. The highest BCUT2D eigenvalue weighted by Gasteiger charge is 2.09. The Balaban J connectivity index is 1.64. The quantitative estimate of drug-likeness (QED) is 0.773. The largest absolute Gasteiger partial charge is 0.481 e. The number of aromatic amines is 1. The maximum absolute atomic E-state index is 13.4. The Bertz CT molecular complexity index is 933. The van der Waals surface area contributed by atoms with Gasteiger partial charge >= 0.3 is 5.76 Å². The maximum atomic E-state index is 13.4. The van der Waals surface area contributed by atoms with Gasteiger partial charge in [-0.05, 0) is 30.3 Å². The van der Waals surface area contributed by atoms with Gasteiger partial charge in [0, 0.05) is 11.8 Å². The number of rotatable bonds is 4. The topological polar surface area (TPSA) is 84.3 Å². The SMILES string of the molecule is O=C(COc1ccc(F)cc1F)Nc1ccc2oc(=O)[nH]c2c1. The minimum absolute atomic E-state index is 0.226. The number of hydrogen-bond acceptors (Lipinski definition) is 4. The molecule has 2 aromatic carbocycles. The van der Waals surface area contributed by atoms with Gasteiger partial charge in [-0.15, -0.1) is 0 Å². The first-order chi connectivity index (χ1) is 11.0. The van der Waals surface area contributed by atoms with Crippen molar-refractivity contribution < 1.29 is 22.7 Å². The monoisotopic (exact) mass is 320 g/mol. The lowest BCUT2D eigenvalue weighted by Crippen LogP contribution is -2.20. The molecule has 0 spiro atoms. The minimum atomic E-state index is -0.893. The third kappa shape index (κ3) is 3.37. The highest BCUT2D eigenvalue weighted by Crippen LogP contribution is 2.18. The second kappa shape index (κ2) is 5.91. The Labute approximate surface area is 127 Å². The number of amides is 1. The van der Waals surface area contributed by atoms with Crippen molar-refractivity contribution in [3.63, 3.8) is 0 Å². The molecule has 0 saturated carbocycles. The third-order valence-corrected chi connectivity index (χ3v) is 2.96. The number of halogens is 2. The molecule has 2 N–H and O–H groups in total. The Hall–Kier alpha value is -3.16. The van der Waals surface area contributed by atoms with Gasteiger partial charge in [0.05, 0.1) is 5.52 Å². The molecule has 23 heavy (non-hydrogen) atoms. The number of nitrogens with one attached hydrogen (secondary N) is 2. The van der Waals surface area contributed by atoms with Crippen LogP contribution in [0.1, 0.15) is 0 Å². The normalized spacial score (nSPS) is 10.7. The van der Waals surface area contributed by atoms with E-state index in [0.29, 0.717) is 22.9 Å². The summed E-state index contributed by atoms with van der Waals surface area (Å²) in [7, 11) is 0. The number of hydrogen-bond donors (Lipinski definition) is 2. The van der Waals surface area contributed by atoms with Gasteiger partial charge in [-0.25, -0.2) is 13.6 Å². The lowest BCUT2D eigenvalue weighted by atomic mass is 10.3. The summed E-state index contributed by atoms with van der Waals surface area (Å²) in [6, 6.07) is 7.35. The number of carbonyl (C=O) groups is 1. The number of H-pyrrole nitrogens is 1. The van der Waals surface area contributed by atoms with Crippen LogP contribution >= 0.6 is 0 Å². The first kappa shape index (κ1) is 14.8. The first-order valence-corrected chi connectivity index (χ1v) is 6.52. The Morgan fingerprint density at radius 1 is 1.22 bits per heavy atom. The summed E-state index contributed by atoms with van der Waals surface area (Å²) in [5, 5.41) is 2.52. The zero-order chi connectivity index (χ0) is 16.4. The van der Waals surface area contributed by atoms with Crippen LogP contribution in [0.3, 0.4) is 0 Å². The molecule has 8 heteroatoms. The summed E-state index contributed by atoms with van der Waals surface area (Å²) in [5.41, 5.74) is 1.19. The van der Waals surface area contributed by atoms with Crippen molar-refractivity contribution in [1.82, 2.24) is 4.98 Å². The van der Waals surface area contributed by atoms with Crippen LogP contribution in [0.25, 0.3) is 11.1 Å². The second-order valence-corrected chi connectivity index (χ2v) is 4.64. The predicted molar refractivity (Wildman–Crippen MR) is 77.3 cm³/mol. The van der Waals surface area contributed by atoms with Gasteiger partial charge < -0.3 is 14.5 Å². The highest BCUT2D eigenvalue weighted by atomic mass is 19.1. The fraction of sp³-hybridized carbons (Fsp3) is 0.0667. The van der Waals surface area contributed by atoms with Gasteiger partial charge in [-0.2, -0.15) is 0 Å². The van der Waals surface area contributed by atoms with Crippen molar-refractivity contribution >= 4 is 22.7 Å². The molecule has 1 heterocycles. The third-order valence-electron chi connectivity index (χ3n) is 2.96. The Morgan fingerprint density at radius 3 is 2.83 bits per heavy atom. The van der Waals surface area contributed by atoms with Crippen molar-refractivity contribution in [1.29, 1.82) is 0 Å². The Morgan fingerprint density at radius 2 is 2.04 bits per heavy atom. The van der Waals surface area contributed by atoms with E-state index in [1.54, 1.807) is 0 Å². The van der Waals surface area contributed by atoms with Crippen molar-refractivity contribution in [3.8, 4) is 5.75 Å². The molecule has 3 rings (SSSR count). The van der Waals surface area contributed by atoms with Crippen molar-refractivity contribution in [2.75, 3.05) is 11.9 Å². The van der Waals surface area contributed by atoms with Gasteiger partial charge in [0.2, 0.25) is 0 Å². The summed E-state index contributed by atoms with van der Waals surface area (Å²) < 4.78 is 35.9. The van der Waals surface area contributed by atoms with E-state index in [-0.39, 0.29) is 5.75 Å². The molecule has 1 aromatic heterocycles. The molecule has 0 aliphatic heterocycles. The zero-order valence-corrected chi connectivity index (χ0v) is 11.6. The number of ether oxygens (including phenoxy) is 1. The van der Waals surface area contributed by atoms with E-state index >= 15 is 0 Å². The van der Waals surface area contributed by atoms with Gasteiger partial charge in [0.15, 0.2) is 23.8 Å². The van der Waals surface area contributed by atoms with Crippen molar-refractivity contribution in [3.05, 3.63) is 58.6 Å². The molecule has 0 saturated heterocycles. The number of anilines is 1. The van der Waals surface area contributed by atoms with E-state index in [1.165, 1.54) is 18.2 Å². The standard InChI is InChI=1S/C15H10F2N2O4/c16-8-1-3-12(10(17)5-8)22-7-14(20)18-9-2-4-13-11(6-9)19-15(21)23-13/h1-6H,7H2,(H,18,20)(H,19,21). The van der Waals surface area contributed by atoms with E-state index in [4.69, 9.17) is 9.15 Å². The molecule has 0 fully saturated rings. The summed E-state index contributed by atoms with van der Waals surface area (Å²) >= 11 is 0. The average molecular weight is 320 g/mol. The van der Waals surface area contributed by atoms with Gasteiger partial charge in [0.1, 0.15) is 5.82 Å². The smallest absolute Gasteiger partial charge is 0.417 e. The zero-order valence-electron chi connectivity index (χ0n) is 11.6. The molecule has 1 amide bonds. The summed E-state index contributed by atoms with van der Waals surface area (Å²) in [6.45, 7) is -0.456. The number of aromatic nitrogens is 1. The number of benzene rings is 2. The van der Waals surface area contributed by atoms with Crippen LogP contribution in [-0.2, 0) is 4.79 Å². The van der Waals surface area contributed by atoms with E-state index in [0.717, 1.165) is 12.1 Å². The summed E-state index contributed by atoms with van der Waals surface area (Å²) in [5.74, 6) is -2.99. The van der Waals surface area contributed by atoms with Crippen molar-refractivity contribution in [2.24, 2.45) is 0 Å². The van der Waals surface area contributed by atoms with Gasteiger partial charge in [-0.1, -0.05) is 0 Å². The van der Waals surface area contributed by atoms with Gasteiger partial charge in [0.25, 0.3) is 5.91 Å². The van der Waals surface area contributed by atoms with Crippen LogP contribution in [-0.4, -0.2) is 17.5 Å². The van der Waals surface area contributed by atoms with Crippen LogP contribution in [0.5, 0.6) is 5.75 Å². The minimum Gasteiger partial charge on any atom is -0.481 e. The molecule has 118 valence electrons. The van der Waals surface area contributed by atoms with Crippen LogP contribution in [0, 0.1) is 11.6 Å². The molecule has 0 aliphatic carbocycles. The molecule has 0 aliphatic rings. The van der Waals surface area contributed by atoms with Crippen molar-refractivity contribution in [2.45, 2.75) is 0 Å². The lowest BCUT2D eigenvalue weighted by molar-refractivity contribution is -0.118. The number of carbonyl (C=O) groups excluding carboxylic acids is 1. The van der Waals surface area contributed by atoms with Crippen LogP contribution in [0.2, 0.25) is 0 Å². The molecular weight excluding hydrogens is 310 g/mol. The maximum Gasteiger partial charge on any atom is 0.417 e. The van der Waals surface area contributed by atoms with E-state index in [9.17, 15) is 18.4 Å². The molecule has 6 nitrogen and oxygen atoms in total. The highest BCUT2D eigenvalue weighted by molar-refractivity contribution is 5.93. The van der Waals surface area contributed by atoms with E-state index in [1.807, 2.05) is 0 Å². The fourth-order valence-corrected chi connectivity index (χ4v) is 1.96. The van der Waals surface area contributed by atoms with Gasteiger partial charge in [-0.3, -0.25) is 9.78 Å².